The predicted octanol–water partition coefficient (Wildman–Crippen LogP) is 1.89. The van der Waals surface area contributed by atoms with Crippen LogP contribution in [0.5, 0.6) is 11.5 Å². The lowest BCUT2D eigenvalue weighted by Gasteiger charge is -2.37. The second kappa shape index (κ2) is 17.6. The molecule has 4 aliphatic heterocycles. The van der Waals surface area contributed by atoms with Crippen molar-refractivity contribution >= 4 is 35.0 Å². The van der Waals surface area contributed by atoms with Crippen LogP contribution in [0, 0.1) is 36.5 Å². The van der Waals surface area contributed by atoms with Gasteiger partial charge in [-0.15, -0.1) is 0 Å². The van der Waals surface area contributed by atoms with Gasteiger partial charge >= 0.3 is 11.8 Å². The van der Waals surface area contributed by atoms with Crippen molar-refractivity contribution in [3.05, 3.63) is 57.6 Å². The Morgan fingerprint density at radius 2 is 1.67 bits per heavy atom. The van der Waals surface area contributed by atoms with Gasteiger partial charge in [-0.05, 0) is 38.3 Å². The number of hydrogen-bond acceptors (Lipinski definition) is 16. The summed E-state index contributed by atoms with van der Waals surface area (Å²) in [4.78, 5) is 85.1. The third-order valence-corrected chi connectivity index (χ3v) is 12.5. The fourth-order valence-electron chi connectivity index (χ4n) is 8.68. The normalized spacial score (nSPS) is 34.2. The van der Waals surface area contributed by atoms with Crippen molar-refractivity contribution in [2.45, 2.75) is 85.1 Å². The SMILES string of the molecule is CO[C@H]1/C=C/O[C@@]2(C)Oc3c(C)c(O)c4c(c3C2=O)C(=O)C(NCCN2CCOCC2)=C(NC(=O)/C(C)=C\C(=O)[C@@H]2C[C@@H]2[C@H](O)[C@@H](C)[C@@H](O)[C@@H](C)[C@H](OC(C)=O)[C@@H]1C)C4=O. The van der Waals surface area contributed by atoms with Crippen molar-refractivity contribution in [2.24, 2.45) is 29.6 Å². The van der Waals surface area contributed by atoms with E-state index in [1.54, 1.807) is 20.8 Å². The number of ketones is 4. The molecule has 0 spiro atoms. The van der Waals surface area contributed by atoms with Crippen LogP contribution in [-0.4, -0.2) is 132 Å². The molecule has 10 atom stereocenters. The molecular formula is C43H55N3O14. The van der Waals surface area contributed by atoms with Crippen LogP contribution in [0.25, 0.3) is 0 Å². The van der Waals surface area contributed by atoms with Crippen LogP contribution in [0.2, 0.25) is 0 Å². The Labute approximate surface area is 348 Å². The largest absolute Gasteiger partial charge is 0.507 e. The predicted molar refractivity (Wildman–Crippen MR) is 212 cm³/mol. The summed E-state index contributed by atoms with van der Waals surface area (Å²) in [5, 5.41) is 39.9. The first-order chi connectivity index (χ1) is 28.3. The topological polar surface area (TPSA) is 237 Å². The molecule has 0 radical (unpaired) electrons. The molecular weight excluding hydrogens is 782 g/mol. The van der Waals surface area contributed by atoms with Crippen LogP contribution in [0.3, 0.4) is 0 Å². The number of ether oxygens (including phenoxy) is 5. The van der Waals surface area contributed by atoms with E-state index in [-0.39, 0.29) is 41.1 Å². The average molecular weight is 838 g/mol. The Kier molecular flexibility index (Phi) is 13.1. The number of aromatic hydroxyl groups is 1. The first kappa shape index (κ1) is 44.6. The zero-order valence-corrected chi connectivity index (χ0v) is 35.2. The van der Waals surface area contributed by atoms with Crippen LogP contribution < -0.4 is 15.4 Å². The van der Waals surface area contributed by atoms with E-state index in [0.29, 0.717) is 32.8 Å². The van der Waals surface area contributed by atoms with Crippen LogP contribution in [-0.2, 0) is 33.3 Å². The first-order valence-corrected chi connectivity index (χ1v) is 20.3. The molecule has 4 heterocycles. The molecule has 2 fully saturated rings. The molecule has 5 N–H and O–H groups in total. The number of carbonyl (C=O) groups excluding carboxylic acids is 6. The van der Waals surface area contributed by atoms with Gasteiger partial charge in [0.25, 0.3) is 11.7 Å². The Morgan fingerprint density at radius 3 is 2.32 bits per heavy atom. The number of hydrogen-bond donors (Lipinski definition) is 5. The number of Topliss-reactive ketones (excluding diaryl/α,β-unsaturated/α-hetero) is 3. The number of rotatable bonds is 6. The molecule has 1 saturated heterocycles. The van der Waals surface area contributed by atoms with Crippen LogP contribution >= 0.6 is 0 Å². The number of phenolic OH excluding ortho intramolecular Hbond substituents is 1. The number of benzene rings is 1. The Balaban J connectivity index is 1.44. The minimum absolute atomic E-state index is 0.0354. The number of aliphatic hydroxyl groups is 2. The molecule has 1 saturated carbocycles. The van der Waals surface area contributed by atoms with E-state index >= 15 is 0 Å². The molecule has 326 valence electrons. The lowest BCUT2D eigenvalue weighted by molar-refractivity contribution is -0.160. The number of esters is 1. The van der Waals surface area contributed by atoms with E-state index in [4.69, 9.17) is 23.7 Å². The van der Waals surface area contributed by atoms with Gasteiger partial charge in [-0.2, -0.15) is 0 Å². The fourth-order valence-corrected chi connectivity index (χ4v) is 8.68. The highest BCUT2D eigenvalue weighted by Crippen LogP contribution is 2.49. The molecule has 17 heteroatoms. The maximum atomic E-state index is 14.6. The van der Waals surface area contributed by atoms with E-state index in [9.17, 15) is 44.1 Å². The number of aliphatic hydroxyl groups excluding tert-OH is 2. The average Bonchev–Trinajstić information content (AvgIpc) is 3.98. The van der Waals surface area contributed by atoms with Crippen molar-refractivity contribution in [3.8, 4) is 11.5 Å². The van der Waals surface area contributed by atoms with Gasteiger partial charge in [0.1, 0.15) is 29.0 Å². The number of carbonyl (C=O) groups is 6. The number of fused-ring (bicyclic) bond motifs is 12. The monoisotopic (exact) mass is 837 g/mol. The molecule has 5 bridgehead atoms. The van der Waals surface area contributed by atoms with Crippen molar-refractivity contribution in [3.63, 3.8) is 0 Å². The van der Waals surface area contributed by atoms with Gasteiger partial charge in [-0.25, -0.2) is 0 Å². The summed E-state index contributed by atoms with van der Waals surface area (Å²) in [7, 11) is 1.41. The Bertz CT molecular complexity index is 2050. The lowest BCUT2D eigenvalue weighted by atomic mass is 9.79. The number of nitrogens with zero attached hydrogens (tertiary/aromatic N) is 1. The highest BCUT2D eigenvalue weighted by molar-refractivity contribution is 6.32. The fraction of sp³-hybridized carbons (Fsp3) is 0.581. The molecule has 1 amide bonds. The quantitative estimate of drug-likeness (QED) is 0.257. The summed E-state index contributed by atoms with van der Waals surface area (Å²) in [6, 6.07) is 0. The molecule has 0 aromatic heterocycles. The van der Waals surface area contributed by atoms with Gasteiger partial charge in [-0.1, -0.05) is 20.8 Å². The number of amides is 1. The highest BCUT2D eigenvalue weighted by atomic mass is 16.7. The van der Waals surface area contributed by atoms with Gasteiger partial charge in [0.05, 0.1) is 54.5 Å². The third-order valence-electron chi connectivity index (χ3n) is 12.5. The molecule has 6 aliphatic rings. The molecule has 1 aromatic carbocycles. The van der Waals surface area contributed by atoms with Crippen molar-refractivity contribution < 1.29 is 67.8 Å². The van der Waals surface area contributed by atoms with Gasteiger partial charge in [-0.3, -0.25) is 33.7 Å². The van der Waals surface area contributed by atoms with E-state index in [1.807, 2.05) is 0 Å². The molecule has 60 heavy (non-hydrogen) atoms. The summed E-state index contributed by atoms with van der Waals surface area (Å²) in [6.45, 7) is 13.2. The summed E-state index contributed by atoms with van der Waals surface area (Å²) in [6.07, 6.45) is -0.125. The number of phenols is 1. The smallest absolute Gasteiger partial charge is 0.312 e. The minimum atomic E-state index is -2.11. The van der Waals surface area contributed by atoms with Crippen LogP contribution in [0.15, 0.2) is 35.4 Å². The van der Waals surface area contributed by atoms with E-state index in [2.05, 4.69) is 15.5 Å². The van der Waals surface area contributed by atoms with Crippen LogP contribution in [0.4, 0.5) is 0 Å². The standard InChI is InChI=1S/C43H55N3O14/c1-19-17-27(48)25-18-26(25)35(50)21(3)34(49)22(4)39(59-24(6)47)20(2)28(56-8)9-14-58-43(7)41(54)31-29-30(36(51)23(5)40(31)60-43)38(53)33(45-42(19)55)32(37(29)52)44-10-11-46-12-15-57-16-13-46/h9,14,17,20-22,25-26,28,34-35,39,44,49-51H,10-13,15-16,18H2,1-8H3,(H,45,55)/b14-9+,19-17-/t20-,21+,22-,25-,26+,28+,34-,35-,39-,43+/m1/s1. The summed E-state index contributed by atoms with van der Waals surface area (Å²) in [5.74, 6) is -10.9. The molecule has 17 nitrogen and oxygen atoms in total. The lowest BCUT2D eigenvalue weighted by Crippen LogP contribution is -2.46. The number of allylic oxidation sites excluding steroid dienone is 3. The summed E-state index contributed by atoms with van der Waals surface area (Å²) >= 11 is 0. The van der Waals surface area contributed by atoms with E-state index < -0.39 is 117 Å². The Morgan fingerprint density at radius 1 is 0.983 bits per heavy atom. The van der Waals surface area contributed by atoms with Crippen molar-refractivity contribution in [1.82, 2.24) is 15.5 Å². The second-order valence-corrected chi connectivity index (χ2v) is 16.6. The van der Waals surface area contributed by atoms with Gasteiger partial charge in [0, 0.05) is 81.9 Å². The van der Waals surface area contributed by atoms with E-state index in [1.165, 1.54) is 40.9 Å². The zero-order chi connectivity index (χ0) is 44.0. The second-order valence-electron chi connectivity index (χ2n) is 16.6. The first-order valence-electron chi connectivity index (χ1n) is 20.3. The van der Waals surface area contributed by atoms with Gasteiger partial charge in [0.2, 0.25) is 11.6 Å². The van der Waals surface area contributed by atoms with Crippen molar-refractivity contribution in [1.29, 1.82) is 0 Å². The third kappa shape index (κ3) is 8.37. The molecule has 7 rings (SSSR count). The van der Waals surface area contributed by atoms with E-state index in [0.717, 1.165) is 12.3 Å². The summed E-state index contributed by atoms with van der Waals surface area (Å²) < 4.78 is 28.9. The Hall–Kier alpha value is -4.94. The van der Waals surface area contributed by atoms with Gasteiger partial charge < -0.3 is 49.6 Å². The molecule has 0 unspecified atom stereocenters. The maximum absolute atomic E-state index is 14.6. The van der Waals surface area contributed by atoms with Gasteiger partial charge in [0.15, 0.2) is 5.78 Å². The maximum Gasteiger partial charge on any atom is 0.312 e. The zero-order valence-electron chi connectivity index (χ0n) is 35.2. The number of morpholine rings is 1. The van der Waals surface area contributed by atoms with Crippen LogP contribution in [0.1, 0.15) is 84.6 Å². The highest BCUT2D eigenvalue weighted by Gasteiger charge is 2.53. The minimum Gasteiger partial charge on any atom is -0.507 e. The molecule has 1 aromatic rings. The number of methoxy groups -OCH3 is 1. The van der Waals surface area contributed by atoms with Crippen molar-refractivity contribution in [2.75, 3.05) is 46.5 Å². The number of nitrogens with one attached hydrogen (secondary N) is 2. The molecule has 2 aliphatic carbocycles. The summed E-state index contributed by atoms with van der Waals surface area (Å²) in [5.41, 5.74) is -2.20.